The molecule has 2 aromatic rings. The average molecular weight is 385 g/mol. The van der Waals surface area contributed by atoms with Crippen LogP contribution in [0.3, 0.4) is 0 Å². The Bertz CT molecular complexity index is 891. The van der Waals surface area contributed by atoms with Crippen LogP contribution in [-0.4, -0.2) is 43.8 Å². The van der Waals surface area contributed by atoms with Gasteiger partial charge in [0.05, 0.1) is 12.6 Å². The lowest BCUT2D eigenvalue weighted by Crippen LogP contribution is -2.47. The Morgan fingerprint density at radius 2 is 2.00 bits per heavy atom. The van der Waals surface area contributed by atoms with Crippen molar-refractivity contribution in [2.45, 2.75) is 18.6 Å². The van der Waals surface area contributed by atoms with Crippen molar-refractivity contribution in [1.82, 2.24) is 10.6 Å². The number of rotatable bonds is 4. The summed E-state index contributed by atoms with van der Waals surface area (Å²) in [6.45, 7) is 0.910. The van der Waals surface area contributed by atoms with Gasteiger partial charge in [0.15, 0.2) is 17.6 Å². The summed E-state index contributed by atoms with van der Waals surface area (Å²) in [4.78, 5) is 25.9. The molecule has 2 atom stereocenters. The average Bonchev–Trinajstić information content (AvgIpc) is 3.06. The second kappa shape index (κ2) is 7.75. The monoisotopic (exact) mass is 385 g/mol. The van der Waals surface area contributed by atoms with Crippen LogP contribution in [0.25, 0.3) is 0 Å². The van der Waals surface area contributed by atoms with Crippen molar-refractivity contribution < 1.29 is 23.5 Å². The van der Waals surface area contributed by atoms with E-state index in [1.807, 2.05) is 24.3 Å². The molecular formula is C20H20FN3O4. The number of nitrogens with one attached hydrogen (secondary N) is 2. The minimum absolute atomic E-state index is 0.156. The van der Waals surface area contributed by atoms with Gasteiger partial charge in [0, 0.05) is 18.7 Å². The second-order valence-corrected chi connectivity index (χ2v) is 6.74. The fourth-order valence-corrected chi connectivity index (χ4v) is 3.30. The summed E-state index contributed by atoms with van der Waals surface area (Å²) in [5.41, 5.74) is 0.487. The predicted octanol–water partition coefficient (Wildman–Crippen LogP) is 2.07. The first-order valence-electron chi connectivity index (χ1n) is 9.07. The number of nitrogens with zero attached hydrogens (tertiary/aromatic N) is 1. The number of fused-ring (bicyclic) bond motifs is 1. The number of hydrogen-bond donors (Lipinski definition) is 2. The topological polar surface area (TPSA) is 79.9 Å². The standard InChI is InChI=1S/C20H20FN3O4/c21-13-4-3-5-15(8-13)24-11-14(9-19(24)25)23-20(26)22-10-16-12-27-17-6-1-2-7-18(17)28-16/h1-8,14,16H,9-12H2,(H2,22,23,26)/t14-,16+/m1/s1. The molecule has 2 heterocycles. The molecule has 0 unspecified atom stereocenters. The van der Waals surface area contributed by atoms with Gasteiger partial charge in [0.25, 0.3) is 0 Å². The highest BCUT2D eigenvalue weighted by molar-refractivity contribution is 5.96. The molecule has 0 aromatic heterocycles. The molecule has 28 heavy (non-hydrogen) atoms. The minimum Gasteiger partial charge on any atom is -0.486 e. The molecule has 0 saturated carbocycles. The van der Waals surface area contributed by atoms with Crippen molar-refractivity contribution in [2.75, 3.05) is 24.6 Å². The fraction of sp³-hybridized carbons (Fsp3) is 0.300. The van der Waals surface area contributed by atoms with E-state index in [4.69, 9.17) is 9.47 Å². The van der Waals surface area contributed by atoms with Crippen LogP contribution in [0.4, 0.5) is 14.9 Å². The molecular weight excluding hydrogens is 365 g/mol. The Kier molecular flexibility index (Phi) is 5.01. The van der Waals surface area contributed by atoms with Crippen LogP contribution >= 0.6 is 0 Å². The number of anilines is 1. The smallest absolute Gasteiger partial charge is 0.315 e. The van der Waals surface area contributed by atoms with Gasteiger partial charge in [-0.05, 0) is 30.3 Å². The number of hydrogen-bond acceptors (Lipinski definition) is 4. The van der Waals surface area contributed by atoms with E-state index in [0.717, 1.165) is 0 Å². The van der Waals surface area contributed by atoms with Crippen molar-refractivity contribution in [3.8, 4) is 11.5 Å². The summed E-state index contributed by atoms with van der Waals surface area (Å²) >= 11 is 0. The Balaban J connectivity index is 1.26. The molecule has 0 spiro atoms. The molecule has 1 saturated heterocycles. The van der Waals surface area contributed by atoms with Crippen LogP contribution in [0, 0.1) is 5.82 Å². The lowest BCUT2D eigenvalue weighted by molar-refractivity contribution is -0.117. The number of carbonyl (C=O) groups is 2. The Labute approximate surface area is 161 Å². The van der Waals surface area contributed by atoms with E-state index in [1.54, 1.807) is 12.1 Å². The fourth-order valence-electron chi connectivity index (χ4n) is 3.30. The van der Waals surface area contributed by atoms with Crippen molar-refractivity contribution in [3.63, 3.8) is 0 Å². The van der Waals surface area contributed by atoms with E-state index in [0.29, 0.717) is 30.3 Å². The molecule has 1 fully saturated rings. The molecule has 2 N–H and O–H groups in total. The predicted molar refractivity (Wildman–Crippen MR) is 100 cm³/mol. The van der Waals surface area contributed by atoms with Crippen LogP contribution in [0.5, 0.6) is 11.5 Å². The van der Waals surface area contributed by atoms with E-state index in [1.165, 1.54) is 17.0 Å². The second-order valence-electron chi connectivity index (χ2n) is 6.74. The van der Waals surface area contributed by atoms with Gasteiger partial charge in [0.2, 0.25) is 5.91 Å². The number of amides is 3. The number of halogens is 1. The first-order chi connectivity index (χ1) is 13.6. The largest absolute Gasteiger partial charge is 0.486 e. The van der Waals surface area contributed by atoms with Crippen LogP contribution in [0.1, 0.15) is 6.42 Å². The maximum absolute atomic E-state index is 13.4. The van der Waals surface area contributed by atoms with E-state index < -0.39 is 5.82 Å². The van der Waals surface area contributed by atoms with Crippen molar-refractivity contribution >= 4 is 17.6 Å². The maximum Gasteiger partial charge on any atom is 0.315 e. The zero-order chi connectivity index (χ0) is 19.5. The van der Waals surface area contributed by atoms with Gasteiger partial charge in [-0.15, -0.1) is 0 Å². The lowest BCUT2D eigenvalue weighted by atomic mass is 10.2. The number of urea groups is 1. The molecule has 0 aliphatic carbocycles. The molecule has 2 aliphatic heterocycles. The Morgan fingerprint density at radius 3 is 2.82 bits per heavy atom. The highest BCUT2D eigenvalue weighted by atomic mass is 19.1. The Hall–Kier alpha value is -3.29. The molecule has 4 rings (SSSR count). The maximum atomic E-state index is 13.4. The molecule has 2 aromatic carbocycles. The lowest BCUT2D eigenvalue weighted by Gasteiger charge is -2.26. The number of para-hydroxylation sites is 2. The van der Waals surface area contributed by atoms with E-state index in [-0.39, 0.29) is 37.0 Å². The third kappa shape index (κ3) is 4.00. The van der Waals surface area contributed by atoms with Gasteiger partial charge in [0.1, 0.15) is 12.4 Å². The summed E-state index contributed by atoms with van der Waals surface area (Å²) < 4.78 is 24.8. The summed E-state index contributed by atoms with van der Waals surface area (Å²) in [6.07, 6.45) is -0.130. The zero-order valence-electron chi connectivity index (χ0n) is 15.1. The van der Waals surface area contributed by atoms with Crippen molar-refractivity contribution in [1.29, 1.82) is 0 Å². The van der Waals surface area contributed by atoms with E-state index in [2.05, 4.69) is 10.6 Å². The highest BCUT2D eigenvalue weighted by Gasteiger charge is 2.32. The molecule has 8 heteroatoms. The number of benzene rings is 2. The molecule has 0 bridgehead atoms. The van der Waals surface area contributed by atoms with Gasteiger partial charge in [-0.25, -0.2) is 9.18 Å². The number of ether oxygens (including phenoxy) is 2. The molecule has 2 aliphatic rings. The van der Waals surface area contributed by atoms with Crippen molar-refractivity contribution in [2.24, 2.45) is 0 Å². The molecule has 7 nitrogen and oxygen atoms in total. The van der Waals surface area contributed by atoms with Crippen LogP contribution in [-0.2, 0) is 4.79 Å². The van der Waals surface area contributed by atoms with Gasteiger partial charge in [-0.3, -0.25) is 4.79 Å². The first kappa shape index (κ1) is 18.1. The van der Waals surface area contributed by atoms with E-state index in [9.17, 15) is 14.0 Å². The summed E-state index contributed by atoms with van der Waals surface area (Å²) in [6, 6.07) is 12.5. The summed E-state index contributed by atoms with van der Waals surface area (Å²) in [5, 5.41) is 5.52. The van der Waals surface area contributed by atoms with Gasteiger partial charge < -0.3 is 25.0 Å². The molecule has 0 radical (unpaired) electrons. The SMILES string of the molecule is O=C(NC[C@H]1COc2ccccc2O1)N[C@@H]1CC(=O)N(c2cccc(F)c2)C1. The normalized spacial score (nSPS) is 20.8. The van der Waals surface area contributed by atoms with Crippen LogP contribution < -0.4 is 25.0 Å². The molecule has 3 amide bonds. The minimum atomic E-state index is -0.407. The third-order valence-corrected chi connectivity index (χ3v) is 4.64. The summed E-state index contributed by atoms with van der Waals surface area (Å²) in [5.74, 6) is 0.769. The van der Waals surface area contributed by atoms with Gasteiger partial charge in [-0.2, -0.15) is 0 Å². The summed E-state index contributed by atoms with van der Waals surface area (Å²) in [7, 11) is 0. The Morgan fingerprint density at radius 1 is 1.18 bits per heavy atom. The van der Waals surface area contributed by atoms with Crippen LogP contribution in [0.15, 0.2) is 48.5 Å². The number of carbonyl (C=O) groups excluding carboxylic acids is 2. The molecule has 146 valence electrons. The first-order valence-corrected chi connectivity index (χ1v) is 9.07. The van der Waals surface area contributed by atoms with Crippen LogP contribution in [0.2, 0.25) is 0 Å². The quantitative estimate of drug-likeness (QED) is 0.845. The zero-order valence-corrected chi connectivity index (χ0v) is 15.1. The third-order valence-electron chi connectivity index (χ3n) is 4.64. The highest BCUT2D eigenvalue weighted by Crippen LogP contribution is 2.30. The van der Waals surface area contributed by atoms with Gasteiger partial charge in [-0.1, -0.05) is 18.2 Å². The van der Waals surface area contributed by atoms with Crippen molar-refractivity contribution in [3.05, 3.63) is 54.3 Å². The van der Waals surface area contributed by atoms with E-state index >= 15 is 0 Å². The van der Waals surface area contributed by atoms with Gasteiger partial charge >= 0.3 is 6.03 Å².